The summed E-state index contributed by atoms with van der Waals surface area (Å²) in [6.45, 7) is 11.3. The van der Waals surface area contributed by atoms with Gasteiger partial charge in [-0.05, 0) is 63.0 Å². The van der Waals surface area contributed by atoms with Crippen LogP contribution in [0.4, 0.5) is 10.5 Å². The van der Waals surface area contributed by atoms with Gasteiger partial charge in [0.05, 0.1) is 4.92 Å². The lowest BCUT2D eigenvalue weighted by molar-refractivity contribution is -0.384. The lowest BCUT2D eigenvalue weighted by atomic mass is 9.78. The second-order valence-corrected chi connectivity index (χ2v) is 11.1. The molecular formula is C31H42N4O6. The summed E-state index contributed by atoms with van der Waals surface area (Å²) in [4.78, 5) is 41.0. The predicted molar refractivity (Wildman–Crippen MR) is 158 cm³/mol. The van der Waals surface area contributed by atoms with Crippen LogP contribution in [0.3, 0.4) is 0 Å². The fourth-order valence-electron chi connectivity index (χ4n) is 5.34. The third kappa shape index (κ3) is 8.86. The van der Waals surface area contributed by atoms with Crippen LogP contribution in [0.1, 0.15) is 44.2 Å². The van der Waals surface area contributed by atoms with Gasteiger partial charge in [-0.25, -0.2) is 4.79 Å². The Morgan fingerprint density at radius 1 is 1.20 bits per heavy atom. The summed E-state index contributed by atoms with van der Waals surface area (Å²) in [7, 11) is 1.86. The van der Waals surface area contributed by atoms with Crippen LogP contribution >= 0.6 is 0 Å². The average molecular weight is 567 g/mol. The van der Waals surface area contributed by atoms with Crippen LogP contribution in [0.15, 0.2) is 67.3 Å². The molecule has 1 heterocycles. The van der Waals surface area contributed by atoms with Gasteiger partial charge in [-0.2, -0.15) is 0 Å². The fraction of sp³-hybridized carbons (Fsp3) is 0.484. The third-order valence-electron chi connectivity index (χ3n) is 8.14. The van der Waals surface area contributed by atoms with Gasteiger partial charge in [0.25, 0.3) is 5.69 Å². The number of benzene rings is 2. The van der Waals surface area contributed by atoms with E-state index in [9.17, 15) is 24.8 Å². The summed E-state index contributed by atoms with van der Waals surface area (Å²) in [5, 5.41) is 20.4. The molecule has 2 aromatic carbocycles. The number of nitrogens with zero attached hydrogens (tertiary/aromatic N) is 4. The number of ether oxygens (including phenoxy) is 1. The van der Waals surface area contributed by atoms with E-state index in [1.54, 1.807) is 30.0 Å². The maximum absolute atomic E-state index is 13.0. The van der Waals surface area contributed by atoms with E-state index < -0.39 is 23.0 Å². The van der Waals surface area contributed by atoms with Crippen LogP contribution < -0.4 is 0 Å². The lowest BCUT2D eigenvalue weighted by Gasteiger charge is -2.40. The first-order valence-corrected chi connectivity index (χ1v) is 14.0. The molecule has 0 radical (unpaired) electrons. The van der Waals surface area contributed by atoms with E-state index in [1.165, 1.54) is 17.7 Å². The number of rotatable bonds is 14. The number of aliphatic carboxylic acids is 1. The highest BCUT2D eigenvalue weighted by Crippen LogP contribution is 2.30. The van der Waals surface area contributed by atoms with Crippen molar-refractivity contribution >= 4 is 17.7 Å². The number of hydrogen-bond acceptors (Lipinski definition) is 7. The Morgan fingerprint density at radius 3 is 2.39 bits per heavy atom. The van der Waals surface area contributed by atoms with Crippen LogP contribution in [0.5, 0.6) is 0 Å². The van der Waals surface area contributed by atoms with E-state index in [0.29, 0.717) is 18.7 Å². The van der Waals surface area contributed by atoms with Crippen LogP contribution in [0, 0.1) is 10.1 Å². The Kier molecular flexibility index (Phi) is 11.4. The summed E-state index contributed by atoms with van der Waals surface area (Å²) < 4.78 is 5.55. The highest BCUT2D eigenvalue weighted by molar-refractivity contribution is 5.72. The first kappa shape index (κ1) is 31.8. The molecule has 2 atom stereocenters. The molecule has 10 nitrogen and oxygen atoms in total. The van der Waals surface area contributed by atoms with Crippen molar-refractivity contribution in [3.63, 3.8) is 0 Å². The minimum absolute atomic E-state index is 0.00829. The lowest BCUT2D eigenvalue weighted by Crippen LogP contribution is -2.49. The van der Waals surface area contributed by atoms with E-state index in [1.807, 2.05) is 30.1 Å². The zero-order chi connectivity index (χ0) is 30.0. The van der Waals surface area contributed by atoms with Crippen LogP contribution in [-0.4, -0.2) is 88.6 Å². The molecule has 0 aliphatic carbocycles. The van der Waals surface area contributed by atoms with Gasteiger partial charge in [-0.15, -0.1) is 6.58 Å². The number of piperidine rings is 1. The molecule has 0 saturated carbocycles. The molecule has 1 saturated heterocycles. The first-order valence-electron chi connectivity index (χ1n) is 14.0. The largest absolute Gasteiger partial charge is 0.480 e. The molecule has 2 unspecified atom stereocenters. The summed E-state index contributed by atoms with van der Waals surface area (Å²) in [5.41, 5.74) is 1.63. The van der Waals surface area contributed by atoms with Crippen LogP contribution in [0.2, 0.25) is 0 Å². The van der Waals surface area contributed by atoms with Gasteiger partial charge in [0.2, 0.25) is 0 Å². The Bertz CT molecular complexity index is 1170. The summed E-state index contributed by atoms with van der Waals surface area (Å²) in [6.07, 6.45) is 3.75. The van der Waals surface area contributed by atoms with Crippen molar-refractivity contribution in [2.75, 3.05) is 39.8 Å². The maximum atomic E-state index is 13.0. The number of nitro benzene ring substituents is 1. The number of likely N-dealkylation sites (N-methyl/N-ethyl adjacent to an activating group) is 1. The molecule has 10 heteroatoms. The number of non-ortho nitro benzene ring substituents is 1. The topological polar surface area (TPSA) is 116 Å². The molecule has 3 rings (SSSR count). The van der Waals surface area contributed by atoms with Crippen molar-refractivity contribution in [2.24, 2.45) is 0 Å². The molecule has 0 spiro atoms. The van der Waals surface area contributed by atoms with Gasteiger partial charge in [0.15, 0.2) is 0 Å². The standard InChI is InChI=1S/C31H42N4O6/c1-5-18-34(30(38)41-22-25-11-13-28(14-12-25)35(39)40)27-15-19-33(20-16-27)21-17-31(3,26-9-7-6-8-10-26)23-32(4)24(2)29(36)37/h5-14,24,27H,1,15-23H2,2-4H3,(H,36,37). The molecule has 1 aliphatic heterocycles. The predicted octanol–water partition coefficient (Wildman–Crippen LogP) is 4.94. The Morgan fingerprint density at radius 2 is 1.83 bits per heavy atom. The Labute approximate surface area is 242 Å². The molecule has 1 amide bonds. The number of hydrogen-bond donors (Lipinski definition) is 1. The number of amides is 1. The van der Waals surface area contributed by atoms with E-state index in [0.717, 1.165) is 38.9 Å². The molecule has 41 heavy (non-hydrogen) atoms. The minimum Gasteiger partial charge on any atom is -0.480 e. The number of likely N-dealkylation sites (tertiary alicyclic amines) is 1. The third-order valence-corrected chi connectivity index (χ3v) is 8.14. The van der Waals surface area contributed by atoms with E-state index >= 15 is 0 Å². The fourth-order valence-corrected chi connectivity index (χ4v) is 5.34. The molecule has 1 fully saturated rings. The zero-order valence-corrected chi connectivity index (χ0v) is 24.3. The second kappa shape index (κ2) is 14.7. The van der Waals surface area contributed by atoms with Gasteiger partial charge in [0, 0.05) is 49.8 Å². The Balaban J connectivity index is 1.56. The van der Waals surface area contributed by atoms with Crippen molar-refractivity contribution in [1.82, 2.24) is 14.7 Å². The van der Waals surface area contributed by atoms with E-state index in [-0.39, 0.29) is 23.8 Å². The van der Waals surface area contributed by atoms with Crippen molar-refractivity contribution in [3.8, 4) is 0 Å². The van der Waals surface area contributed by atoms with E-state index in [4.69, 9.17) is 4.74 Å². The van der Waals surface area contributed by atoms with Gasteiger partial charge >= 0.3 is 12.1 Å². The zero-order valence-electron chi connectivity index (χ0n) is 24.3. The minimum atomic E-state index is -0.833. The second-order valence-electron chi connectivity index (χ2n) is 11.1. The van der Waals surface area contributed by atoms with Crippen LogP contribution in [-0.2, 0) is 21.6 Å². The molecule has 1 aliphatic rings. The Hall–Kier alpha value is -3.76. The summed E-state index contributed by atoms with van der Waals surface area (Å²) >= 11 is 0. The molecule has 1 N–H and O–H groups in total. The molecule has 0 bridgehead atoms. The SMILES string of the molecule is C=CCN(C(=O)OCc1ccc([N+](=O)[O-])cc1)C1CCN(CCC(C)(CN(C)C(C)C(=O)O)c2ccccc2)CC1. The molecule has 222 valence electrons. The normalized spacial score (nSPS) is 16.5. The first-order chi connectivity index (χ1) is 19.5. The highest BCUT2D eigenvalue weighted by Gasteiger charge is 2.33. The van der Waals surface area contributed by atoms with E-state index in [2.05, 4.69) is 30.5 Å². The summed E-state index contributed by atoms with van der Waals surface area (Å²) in [6, 6.07) is 15.7. The maximum Gasteiger partial charge on any atom is 0.410 e. The number of carbonyl (C=O) groups is 2. The van der Waals surface area contributed by atoms with Gasteiger partial charge in [-0.1, -0.05) is 43.3 Å². The van der Waals surface area contributed by atoms with Crippen LogP contribution in [0.25, 0.3) is 0 Å². The molecule has 2 aromatic rings. The number of carboxylic acids is 1. The van der Waals surface area contributed by atoms with Gasteiger partial charge in [0.1, 0.15) is 12.6 Å². The van der Waals surface area contributed by atoms with Crippen molar-refractivity contribution in [3.05, 3.63) is 88.5 Å². The number of carboxylic acid groups (broad SMARTS) is 1. The quantitative estimate of drug-likeness (QED) is 0.194. The smallest absolute Gasteiger partial charge is 0.410 e. The van der Waals surface area contributed by atoms with Crippen molar-refractivity contribution < 1.29 is 24.4 Å². The van der Waals surface area contributed by atoms with Crippen molar-refractivity contribution in [1.29, 1.82) is 0 Å². The monoisotopic (exact) mass is 566 g/mol. The highest BCUT2D eigenvalue weighted by atomic mass is 16.6. The number of nitro groups is 1. The molecule has 0 aromatic heterocycles. The van der Waals surface area contributed by atoms with Gasteiger partial charge < -0.3 is 19.6 Å². The number of carbonyl (C=O) groups excluding carboxylic acids is 1. The summed E-state index contributed by atoms with van der Waals surface area (Å²) in [5.74, 6) is -0.833. The molecular weight excluding hydrogens is 524 g/mol. The average Bonchev–Trinajstić information content (AvgIpc) is 2.98. The van der Waals surface area contributed by atoms with Crippen molar-refractivity contribution in [2.45, 2.75) is 57.2 Å². The van der Waals surface area contributed by atoms with Gasteiger partial charge in [-0.3, -0.25) is 19.8 Å².